The third-order valence-electron chi connectivity index (χ3n) is 1.31. The molecule has 0 aliphatic rings. The second-order valence-corrected chi connectivity index (χ2v) is 2.76. The lowest BCUT2D eigenvalue weighted by Gasteiger charge is -1.97. The number of amidine groups is 1. The predicted octanol–water partition coefficient (Wildman–Crippen LogP) is 1.82. The molecule has 1 aromatic carbocycles. The molecule has 0 unspecified atom stereocenters. The summed E-state index contributed by atoms with van der Waals surface area (Å²) in [7, 11) is 0. The summed E-state index contributed by atoms with van der Waals surface area (Å²) in [5, 5.41) is 7.74. The Kier molecular flexibility index (Phi) is 2.49. The van der Waals surface area contributed by atoms with E-state index in [0.717, 1.165) is 5.56 Å². The van der Waals surface area contributed by atoms with Crippen LogP contribution >= 0.6 is 11.6 Å². The monoisotopic (exact) mass is 168 g/mol. The molecule has 3 N–H and O–H groups in total. The van der Waals surface area contributed by atoms with Crippen molar-refractivity contribution in [2.45, 2.75) is 6.42 Å². The van der Waals surface area contributed by atoms with Crippen LogP contribution in [0, 0.1) is 5.41 Å². The smallest absolute Gasteiger partial charge is 0.0950 e. The second kappa shape index (κ2) is 3.39. The van der Waals surface area contributed by atoms with Gasteiger partial charge in [0.15, 0.2) is 0 Å². The van der Waals surface area contributed by atoms with Crippen LogP contribution in [0.4, 0.5) is 0 Å². The standard InChI is InChI=1S/C8H9ClN2/c9-7-3-1-6(2-4-7)5-8(10)11/h1-4H,5H2,(H3,10,11). The molecule has 3 heteroatoms. The lowest BCUT2D eigenvalue weighted by atomic mass is 10.1. The molecule has 0 amide bonds. The molecule has 0 bridgehead atoms. The summed E-state index contributed by atoms with van der Waals surface area (Å²) in [5.41, 5.74) is 6.23. The Hall–Kier alpha value is -1.02. The van der Waals surface area contributed by atoms with Crippen LogP contribution in [0.5, 0.6) is 0 Å². The molecule has 11 heavy (non-hydrogen) atoms. The summed E-state index contributed by atoms with van der Waals surface area (Å²) >= 11 is 5.66. The minimum Gasteiger partial charge on any atom is -0.387 e. The van der Waals surface area contributed by atoms with Crippen LogP contribution in [0.1, 0.15) is 5.56 Å². The van der Waals surface area contributed by atoms with E-state index in [1.165, 1.54) is 0 Å². The topological polar surface area (TPSA) is 49.9 Å². The SMILES string of the molecule is N=C(N)Cc1ccc(Cl)cc1. The maximum Gasteiger partial charge on any atom is 0.0950 e. The molecule has 1 aromatic rings. The second-order valence-electron chi connectivity index (χ2n) is 2.33. The molecule has 0 fully saturated rings. The van der Waals surface area contributed by atoms with Crippen molar-refractivity contribution < 1.29 is 0 Å². The van der Waals surface area contributed by atoms with Crippen LogP contribution in [0.3, 0.4) is 0 Å². The quantitative estimate of drug-likeness (QED) is 0.514. The van der Waals surface area contributed by atoms with Crippen LogP contribution in [-0.4, -0.2) is 5.84 Å². The van der Waals surface area contributed by atoms with Gasteiger partial charge in [-0.2, -0.15) is 0 Å². The highest BCUT2D eigenvalue weighted by Crippen LogP contribution is 2.09. The number of rotatable bonds is 2. The van der Waals surface area contributed by atoms with E-state index in [1.807, 2.05) is 12.1 Å². The van der Waals surface area contributed by atoms with Crippen LogP contribution in [0.25, 0.3) is 0 Å². The van der Waals surface area contributed by atoms with Gasteiger partial charge in [0.1, 0.15) is 0 Å². The Morgan fingerprint density at radius 2 is 1.91 bits per heavy atom. The molecule has 0 heterocycles. The van der Waals surface area contributed by atoms with Gasteiger partial charge in [-0.25, -0.2) is 0 Å². The molecule has 0 spiro atoms. The summed E-state index contributed by atoms with van der Waals surface area (Å²) < 4.78 is 0. The third kappa shape index (κ3) is 2.60. The molecule has 0 saturated heterocycles. The molecule has 1 rings (SSSR count). The van der Waals surface area contributed by atoms with Crippen molar-refractivity contribution in [3.05, 3.63) is 34.9 Å². The Labute approximate surface area is 70.5 Å². The summed E-state index contributed by atoms with van der Waals surface area (Å²) in [6.45, 7) is 0. The third-order valence-corrected chi connectivity index (χ3v) is 1.56. The fourth-order valence-electron chi connectivity index (χ4n) is 0.822. The Balaban J connectivity index is 2.74. The largest absolute Gasteiger partial charge is 0.387 e. The van der Waals surface area contributed by atoms with Crippen molar-refractivity contribution in [1.29, 1.82) is 5.41 Å². The summed E-state index contributed by atoms with van der Waals surface area (Å²) in [6, 6.07) is 7.31. The zero-order chi connectivity index (χ0) is 8.27. The summed E-state index contributed by atoms with van der Waals surface area (Å²) in [4.78, 5) is 0. The molecule has 0 saturated carbocycles. The van der Waals surface area contributed by atoms with E-state index < -0.39 is 0 Å². The molecule has 0 aliphatic carbocycles. The van der Waals surface area contributed by atoms with Crippen molar-refractivity contribution in [1.82, 2.24) is 0 Å². The van der Waals surface area contributed by atoms with Crippen LogP contribution < -0.4 is 5.73 Å². The summed E-state index contributed by atoms with van der Waals surface area (Å²) in [5.74, 6) is 0.173. The van der Waals surface area contributed by atoms with E-state index in [1.54, 1.807) is 12.1 Å². The fourth-order valence-corrected chi connectivity index (χ4v) is 0.948. The minimum atomic E-state index is 0.173. The number of hydrogen-bond donors (Lipinski definition) is 2. The molecular formula is C8H9ClN2. The minimum absolute atomic E-state index is 0.173. The lowest BCUT2D eigenvalue weighted by molar-refractivity contribution is 1.25. The molecule has 2 nitrogen and oxygen atoms in total. The van der Waals surface area contributed by atoms with Gasteiger partial charge in [0, 0.05) is 11.4 Å². The Bertz CT molecular complexity index is 253. The normalized spacial score (nSPS) is 9.55. The molecular weight excluding hydrogens is 160 g/mol. The maximum absolute atomic E-state index is 7.03. The highest BCUT2D eigenvalue weighted by Gasteiger charge is 1.93. The van der Waals surface area contributed by atoms with E-state index in [-0.39, 0.29) is 5.84 Å². The van der Waals surface area contributed by atoms with E-state index in [0.29, 0.717) is 11.4 Å². The average molecular weight is 169 g/mol. The van der Waals surface area contributed by atoms with Gasteiger partial charge >= 0.3 is 0 Å². The van der Waals surface area contributed by atoms with Gasteiger partial charge in [-0.05, 0) is 17.7 Å². The number of nitrogens with one attached hydrogen (secondary N) is 1. The van der Waals surface area contributed by atoms with E-state index in [9.17, 15) is 0 Å². The number of hydrogen-bond acceptors (Lipinski definition) is 1. The first-order valence-electron chi connectivity index (χ1n) is 3.26. The summed E-state index contributed by atoms with van der Waals surface area (Å²) in [6.07, 6.45) is 0.497. The Morgan fingerprint density at radius 3 is 2.36 bits per heavy atom. The molecule has 0 atom stereocenters. The zero-order valence-corrected chi connectivity index (χ0v) is 6.73. The highest BCUT2D eigenvalue weighted by molar-refractivity contribution is 6.30. The first kappa shape index (κ1) is 8.08. The highest BCUT2D eigenvalue weighted by atomic mass is 35.5. The van der Waals surface area contributed by atoms with Crippen LogP contribution in [0.15, 0.2) is 24.3 Å². The van der Waals surface area contributed by atoms with Gasteiger partial charge in [-0.3, -0.25) is 5.41 Å². The van der Waals surface area contributed by atoms with Crippen molar-refractivity contribution in [2.24, 2.45) is 5.73 Å². The van der Waals surface area contributed by atoms with Gasteiger partial charge in [0.25, 0.3) is 0 Å². The first-order chi connectivity index (χ1) is 5.18. The van der Waals surface area contributed by atoms with Crippen molar-refractivity contribution in [3.8, 4) is 0 Å². The Morgan fingerprint density at radius 1 is 1.36 bits per heavy atom. The van der Waals surface area contributed by atoms with Crippen molar-refractivity contribution in [3.63, 3.8) is 0 Å². The molecule has 0 aliphatic heterocycles. The zero-order valence-electron chi connectivity index (χ0n) is 5.97. The van der Waals surface area contributed by atoms with Gasteiger partial charge in [-0.1, -0.05) is 23.7 Å². The predicted molar refractivity (Wildman–Crippen MR) is 47.1 cm³/mol. The first-order valence-corrected chi connectivity index (χ1v) is 3.63. The maximum atomic E-state index is 7.03. The number of halogens is 1. The van der Waals surface area contributed by atoms with Gasteiger partial charge in [-0.15, -0.1) is 0 Å². The molecule has 0 aromatic heterocycles. The number of nitrogens with two attached hydrogens (primary N) is 1. The average Bonchev–Trinajstić information content (AvgIpc) is 1.93. The van der Waals surface area contributed by atoms with Crippen LogP contribution in [0.2, 0.25) is 5.02 Å². The van der Waals surface area contributed by atoms with Crippen molar-refractivity contribution in [2.75, 3.05) is 0 Å². The number of benzene rings is 1. The van der Waals surface area contributed by atoms with E-state index in [2.05, 4.69) is 0 Å². The van der Waals surface area contributed by atoms with Crippen LogP contribution in [-0.2, 0) is 6.42 Å². The van der Waals surface area contributed by atoms with Gasteiger partial charge in [0.2, 0.25) is 0 Å². The molecule has 0 radical (unpaired) electrons. The van der Waals surface area contributed by atoms with Gasteiger partial charge < -0.3 is 5.73 Å². The molecule has 58 valence electrons. The fraction of sp³-hybridized carbons (Fsp3) is 0.125. The van der Waals surface area contributed by atoms with Gasteiger partial charge in [0.05, 0.1) is 5.84 Å². The van der Waals surface area contributed by atoms with Crippen molar-refractivity contribution >= 4 is 17.4 Å². The van der Waals surface area contributed by atoms with E-state index in [4.69, 9.17) is 22.7 Å². The van der Waals surface area contributed by atoms with E-state index >= 15 is 0 Å². The lowest BCUT2D eigenvalue weighted by Crippen LogP contribution is -2.12.